The maximum atomic E-state index is 14.0. The minimum absolute atomic E-state index is 0.0370. The molecule has 0 bridgehead atoms. The van der Waals surface area contributed by atoms with Crippen molar-refractivity contribution in [1.29, 1.82) is 0 Å². The summed E-state index contributed by atoms with van der Waals surface area (Å²) in [5.74, 6) is -1.88. The first-order chi connectivity index (χ1) is 10.9. The summed E-state index contributed by atoms with van der Waals surface area (Å²) in [6.45, 7) is 1.30. The first-order valence-electron chi connectivity index (χ1n) is 6.72. The van der Waals surface area contributed by atoms with E-state index in [9.17, 15) is 14.0 Å². The molecular weight excluding hydrogens is 323 g/mol. The number of aliphatic hydroxyl groups is 1. The number of halogens is 2. The highest BCUT2D eigenvalue weighted by Crippen LogP contribution is 2.20. The molecule has 0 aliphatic carbocycles. The van der Waals surface area contributed by atoms with Gasteiger partial charge in [0.25, 0.3) is 11.8 Å². The van der Waals surface area contributed by atoms with Gasteiger partial charge in [-0.3, -0.25) is 9.59 Å². The highest BCUT2D eigenvalue weighted by Gasteiger charge is 2.13. The van der Waals surface area contributed by atoms with E-state index in [-0.39, 0.29) is 11.4 Å². The van der Waals surface area contributed by atoms with Crippen molar-refractivity contribution in [3.63, 3.8) is 0 Å². The van der Waals surface area contributed by atoms with Crippen molar-refractivity contribution in [3.8, 4) is 0 Å². The Labute approximate surface area is 137 Å². The van der Waals surface area contributed by atoms with Crippen LogP contribution in [0.2, 0.25) is 5.02 Å². The molecule has 2 aromatic carbocycles. The lowest BCUT2D eigenvalue weighted by atomic mass is 10.2. The first kappa shape index (κ1) is 16.9. The predicted molar refractivity (Wildman–Crippen MR) is 86.1 cm³/mol. The Balaban J connectivity index is 2.12. The standard InChI is InChI=1S/C16H14ClFN2O3/c1-9(21)15(22)19-12-5-6-14(13(18)8-12)20-16(23)10-3-2-4-11(17)7-10/h2-9,21H,1H3,(H,19,22)(H,20,23). The first-order valence-corrected chi connectivity index (χ1v) is 7.10. The monoisotopic (exact) mass is 336 g/mol. The zero-order valence-corrected chi connectivity index (χ0v) is 12.9. The highest BCUT2D eigenvalue weighted by molar-refractivity contribution is 6.31. The number of anilines is 2. The lowest BCUT2D eigenvalue weighted by Gasteiger charge is -2.10. The summed E-state index contributed by atoms with van der Waals surface area (Å²) in [5.41, 5.74) is 0.433. The Morgan fingerprint density at radius 2 is 1.91 bits per heavy atom. The van der Waals surface area contributed by atoms with E-state index in [0.717, 1.165) is 6.07 Å². The van der Waals surface area contributed by atoms with E-state index in [1.165, 1.54) is 25.1 Å². The van der Waals surface area contributed by atoms with Crippen molar-refractivity contribution in [2.24, 2.45) is 0 Å². The van der Waals surface area contributed by atoms with Gasteiger partial charge in [0.1, 0.15) is 11.9 Å². The molecule has 1 atom stereocenters. The van der Waals surface area contributed by atoms with Crippen LogP contribution >= 0.6 is 11.6 Å². The molecule has 0 aliphatic heterocycles. The summed E-state index contributed by atoms with van der Waals surface area (Å²) in [6.07, 6.45) is -1.21. The molecule has 0 heterocycles. The molecular formula is C16H14ClFN2O3. The molecule has 120 valence electrons. The molecule has 0 aliphatic rings. The third-order valence-corrected chi connectivity index (χ3v) is 3.19. The summed E-state index contributed by atoms with van der Waals surface area (Å²) < 4.78 is 14.0. The zero-order valence-electron chi connectivity index (χ0n) is 12.1. The van der Waals surface area contributed by atoms with Crippen molar-refractivity contribution in [2.75, 3.05) is 10.6 Å². The number of rotatable bonds is 4. The summed E-state index contributed by atoms with van der Waals surface area (Å²) >= 11 is 5.80. The van der Waals surface area contributed by atoms with Crippen LogP contribution in [-0.4, -0.2) is 23.0 Å². The van der Waals surface area contributed by atoms with Crippen LogP contribution in [-0.2, 0) is 4.79 Å². The fourth-order valence-corrected chi connectivity index (χ4v) is 1.96. The minimum Gasteiger partial charge on any atom is -0.384 e. The summed E-state index contributed by atoms with van der Waals surface area (Å²) in [6, 6.07) is 10.0. The van der Waals surface area contributed by atoms with Crippen molar-refractivity contribution >= 4 is 34.8 Å². The van der Waals surface area contributed by atoms with Gasteiger partial charge in [0.2, 0.25) is 0 Å². The quantitative estimate of drug-likeness (QED) is 0.803. The van der Waals surface area contributed by atoms with Crippen LogP contribution in [0.25, 0.3) is 0 Å². The second kappa shape index (κ2) is 7.21. The van der Waals surface area contributed by atoms with Crippen molar-refractivity contribution in [3.05, 3.63) is 58.9 Å². The highest BCUT2D eigenvalue weighted by atomic mass is 35.5. The zero-order chi connectivity index (χ0) is 17.0. The Kier molecular flexibility index (Phi) is 5.31. The van der Waals surface area contributed by atoms with Crippen LogP contribution < -0.4 is 10.6 Å². The van der Waals surface area contributed by atoms with Crippen LogP contribution in [0, 0.1) is 5.82 Å². The predicted octanol–water partition coefficient (Wildman–Crippen LogP) is 3.05. The number of nitrogens with one attached hydrogen (secondary N) is 2. The molecule has 1 unspecified atom stereocenters. The van der Waals surface area contributed by atoms with E-state index in [2.05, 4.69) is 10.6 Å². The Hall–Kier alpha value is -2.44. The Morgan fingerprint density at radius 1 is 1.17 bits per heavy atom. The molecule has 3 N–H and O–H groups in total. The topological polar surface area (TPSA) is 78.4 Å². The maximum Gasteiger partial charge on any atom is 0.255 e. The summed E-state index contributed by atoms with van der Waals surface area (Å²) in [7, 11) is 0. The smallest absolute Gasteiger partial charge is 0.255 e. The number of hydrogen-bond donors (Lipinski definition) is 3. The van der Waals surface area contributed by atoms with Crippen LogP contribution in [0.15, 0.2) is 42.5 Å². The number of aliphatic hydroxyl groups excluding tert-OH is 1. The Morgan fingerprint density at radius 3 is 2.52 bits per heavy atom. The number of benzene rings is 2. The van der Waals surface area contributed by atoms with E-state index < -0.39 is 23.7 Å². The molecule has 0 saturated heterocycles. The van der Waals surface area contributed by atoms with Crippen LogP contribution in [0.1, 0.15) is 17.3 Å². The molecule has 2 amide bonds. The summed E-state index contributed by atoms with van der Waals surface area (Å²) in [4.78, 5) is 23.4. The molecule has 2 rings (SSSR count). The molecule has 0 saturated carbocycles. The fourth-order valence-electron chi connectivity index (χ4n) is 1.77. The third-order valence-electron chi connectivity index (χ3n) is 2.95. The van der Waals surface area contributed by atoms with Crippen molar-refractivity contribution in [1.82, 2.24) is 0 Å². The average Bonchev–Trinajstić information content (AvgIpc) is 2.49. The fraction of sp³-hybridized carbons (Fsp3) is 0.125. The molecule has 5 nitrogen and oxygen atoms in total. The molecule has 23 heavy (non-hydrogen) atoms. The van der Waals surface area contributed by atoms with Crippen LogP contribution in [0.5, 0.6) is 0 Å². The van der Waals surface area contributed by atoms with Gasteiger partial charge >= 0.3 is 0 Å². The van der Waals surface area contributed by atoms with E-state index in [1.807, 2.05) is 0 Å². The number of carbonyl (C=O) groups excluding carboxylic acids is 2. The van der Waals surface area contributed by atoms with Gasteiger partial charge in [0.15, 0.2) is 0 Å². The van der Waals surface area contributed by atoms with Gasteiger partial charge in [-0.2, -0.15) is 0 Å². The van der Waals surface area contributed by atoms with Crippen molar-refractivity contribution in [2.45, 2.75) is 13.0 Å². The van der Waals surface area contributed by atoms with Crippen LogP contribution in [0.4, 0.5) is 15.8 Å². The van der Waals surface area contributed by atoms with E-state index in [1.54, 1.807) is 18.2 Å². The lowest BCUT2D eigenvalue weighted by Crippen LogP contribution is -2.24. The second-order valence-electron chi connectivity index (χ2n) is 4.82. The van der Waals surface area contributed by atoms with Crippen LogP contribution in [0.3, 0.4) is 0 Å². The van der Waals surface area contributed by atoms with Gasteiger partial charge in [0, 0.05) is 16.3 Å². The Bertz CT molecular complexity index is 750. The van der Waals surface area contributed by atoms with Gasteiger partial charge in [-0.25, -0.2) is 4.39 Å². The molecule has 2 aromatic rings. The van der Waals surface area contributed by atoms with E-state index in [4.69, 9.17) is 16.7 Å². The maximum absolute atomic E-state index is 14.0. The average molecular weight is 337 g/mol. The van der Waals surface area contributed by atoms with Crippen molar-refractivity contribution < 1.29 is 19.1 Å². The minimum atomic E-state index is -1.21. The SMILES string of the molecule is CC(O)C(=O)Nc1ccc(NC(=O)c2cccc(Cl)c2)c(F)c1. The molecule has 0 radical (unpaired) electrons. The number of amides is 2. The van der Waals surface area contributed by atoms with E-state index >= 15 is 0 Å². The number of hydrogen-bond acceptors (Lipinski definition) is 3. The number of carbonyl (C=O) groups is 2. The van der Waals surface area contributed by atoms with Gasteiger partial charge in [-0.1, -0.05) is 17.7 Å². The molecule has 0 fully saturated rings. The lowest BCUT2D eigenvalue weighted by molar-refractivity contribution is -0.123. The second-order valence-corrected chi connectivity index (χ2v) is 5.26. The molecule has 0 spiro atoms. The van der Waals surface area contributed by atoms with Gasteiger partial charge in [-0.15, -0.1) is 0 Å². The van der Waals surface area contributed by atoms with Gasteiger partial charge in [-0.05, 0) is 43.3 Å². The summed E-state index contributed by atoms with van der Waals surface area (Å²) in [5, 5.41) is 14.3. The molecule has 7 heteroatoms. The van der Waals surface area contributed by atoms with Gasteiger partial charge < -0.3 is 15.7 Å². The molecule has 0 aromatic heterocycles. The largest absolute Gasteiger partial charge is 0.384 e. The normalized spacial score (nSPS) is 11.7. The van der Waals surface area contributed by atoms with E-state index in [0.29, 0.717) is 10.6 Å². The van der Waals surface area contributed by atoms with Gasteiger partial charge in [0.05, 0.1) is 5.69 Å². The third kappa shape index (κ3) is 4.51.